The van der Waals surface area contributed by atoms with Gasteiger partial charge in [-0.15, -0.1) is 0 Å². The zero-order chi connectivity index (χ0) is 26.1. The monoisotopic (exact) mass is 514 g/mol. The molecule has 0 bridgehead atoms. The molecule has 1 fully saturated rings. The van der Waals surface area contributed by atoms with Gasteiger partial charge in [0.2, 0.25) is 0 Å². The van der Waals surface area contributed by atoms with Gasteiger partial charge in [0.05, 0.1) is 5.56 Å². The van der Waals surface area contributed by atoms with Crippen molar-refractivity contribution >= 4 is 22.7 Å². The van der Waals surface area contributed by atoms with Gasteiger partial charge in [-0.05, 0) is 79.8 Å². The van der Waals surface area contributed by atoms with Crippen molar-refractivity contribution in [2.45, 2.75) is 39.3 Å². The molecule has 3 aromatic carbocycles. The van der Waals surface area contributed by atoms with Crippen LogP contribution in [0.15, 0.2) is 60.7 Å². The number of hydrogen-bond donors (Lipinski definition) is 1. The van der Waals surface area contributed by atoms with Gasteiger partial charge in [0.25, 0.3) is 0 Å². The van der Waals surface area contributed by atoms with Crippen molar-refractivity contribution in [2.24, 2.45) is 5.92 Å². The summed E-state index contributed by atoms with van der Waals surface area (Å²) in [6.07, 6.45) is 0.835. The van der Waals surface area contributed by atoms with Crippen LogP contribution in [0.4, 0.5) is 0 Å². The van der Waals surface area contributed by atoms with Crippen LogP contribution >= 0.6 is 11.6 Å². The number of aromatic hydroxyl groups is 1. The van der Waals surface area contributed by atoms with E-state index in [0.29, 0.717) is 23.4 Å². The molecule has 37 heavy (non-hydrogen) atoms. The van der Waals surface area contributed by atoms with Gasteiger partial charge in [-0.25, -0.2) is 0 Å². The van der Waals surface area contributed by atoms with Crippen LogP contribution in [0.25, 0.3) is 11.1 Å². The number of phenols is 1. The first kappa shape index (κ1) is 25.2. The lowest BCUT2D eigenvalue weighted by Crippen LogP contribution is -2.35. The van der Waals surface area contributed by atoms with E-state index in [-0.39, 0.29) is 11.3 Å². The highest BCUT2D eigenvalue weighted by Crippen LogP contribution is 2.48. The number of fused-ring (bicyclic) bond motifs is 1. The van der Waals surface area contributed by atoms with E-state index >= 15 is 0 Å². The minimum atomic E-state index is -0.416. The number of hydrogen-bond acceptors (Lipinski definition) is 5. The van der Waals surface area contributed by atoms with Crippen LogP contribution < -0.4 is 9.47 Å². The maximum absolute atomic E-state index is 10.3. The largest absolute Gasteiger partial charge is 0.507 e. The topological polar surface area (TPSA) is 65.7 Å². The van der Waals surface area contributed by atoms with E-state index in [4.69, 9.17) is 21.1 Å². The Morgan fingerprint density at radius 1 is 1.19 bits per heavy atom. The molecule has 2 heterocycles. The Bertz CT molecular complexity index is 1380. The van der Waals surface area contributed by atoms with Crippen LogP contribution in [0.3, 0.4) is 0 Å². The Kier molecular flexibility index (Phi) is 7.15. The smallest absolute Gasteiger partial charge is 0.150 e. The summed E-state index contributed by atoms with van der Waals surface area (Å²) in [5.41, 5.74) is 4.76. The first-order valence-electron chi connectivity index (χ1n) is 12.7. The van der Waals surface area contributed by atoms with Crippen LogP contribution in [-0.4, -0.2) is 35.7 Å². The lowest BCUT2D eigenvalue weighted by Gasteiger charge is -2.31. The summed E-state index contributed by atoms with van der Waals surface area (Å²) in [7, 11) is 0. The maximum atomic E-state index is 10.3. The fourth-order valence-corrected chi connectivity index (χ4v) is 5.46. The minimum absolute atomic E-state index is 0.0628. The summed E-state index contributed by atoms with van der Waals surface area (Å²) < 4.78 is 12.6. The first-order chi connectivity index (χ1) is 17.8. The number of nitrogens with zero attached hydrogens (tertiary/aromatic N) is 2. The average Bonchev–Trinajstić information content (AvgIpc) is 3.34. The summed E-state index contributed by atoms with van der Waals surface area (Å²) in [6.45, 7) is 9.44. The molecule has 5 nitrogen and oxygen atoms in total. The zero-order valence-electron chi connectivity index (χ0n) is 21.4. The molecule has 0 radical (unpaired) electrons. The summed E-state index contributed by atoms with van der Waals surface area (Å²) in [5.74, 6) is 2.07. The minimum Gasteiger partial charge on any atom is -0.507 e. The predicted octanol–water partition coefficient (Wildman–Crippen LogP) is 7.09. The van der Waals surface area contributed by atoms with Crippen LogP contribution in [0.5, 0.6) is 17.2 Å². The van der Waals surface area contributed by atoms with E-state index in [1.807, 2.05) is 61.5 Å². The highest BCUT2D eigenvalue weighted by Gasteiger charge is 2.30. The summed E-state index contributed by atoms with van der Waals surface area (Å²) in [5, 5.41) is 20.4. The van der Waals surface area contributed by atoms with Gasteiger partial charge in [-0.1, -0.05) is 42.8 Å². The Labute approximate surface area is 223 Å². The number of ether oxygens (including phenoxy) is 2. The van der Waals surface area contributed by atoms with Crippen LogP contribution in [-0.2, 0) is 0 Å². The molecule has 190 valence electrons. The van der Waals surface area contributed by atoms with E-state index in [1.165, 1.54) is 6.42 Å². The molecule has 5 rings (SSSR count). The third-order valence-electron chi connectivity index (χ3n) is 7.42. The van der Waals surface area contributed by atoms with Crippen LogP contribution in [0, 0.1) is 17.2 Å². The molecule has 0 saturated carbocycles. The number of phenolic OH excluding ortho intramolecular Hbond substituents is 1. The molecule has 0 amide bonds. The van der Waals surface area contributed by atoms with Gasteiger partial charge in [-0.2, -0.15) is 5.26 Å². The van der Waals surface area contributed by atoms with E-state index in [2.05, 4.69) is 18.7 Å². The molecule has 1 saturated heterocycles. The first-order valence-corrected chi connectivity index (χ1v) is 13.1. The van der Waals surface area contributed by atoms with Crippen LogP contribution in [0.1, 0.15) is 55.5 Å². The standard InChI is InChI=1S/C31H31ClN2O3/c1-19-11-12-34(17-19)20(2)18-36-26-9-7-22(8-10-26)31-30(23-5-4-6-25(32)13-23)21(3)27-15-28(35)24(16-33)14-29(27)37-31/h4-10,13-15,19-20,31,35H,11-12,17-18H2,1-3H3/t19-,20+,31?/m1/s1. The number of nitriles is 1. The van der Waals surface area contributed by atoms with Gasteiger partial charge in [0.15, 0.2) is 0 Å². The second kappa shape index (κ2) is 10.5. The van der Waals surface area contributed by atoms with E-state index in [1.54, 1.807) is 12.1 Å². The van der Waals surface area contributed by atoms with Crippen molar-refractivity contribution in [1.29, 1.82) is 5.26 Å². The number of benzene rings is 3. The molecule has 6 heteroatoms. The van der Waals surface area contributed by atoms with Crippen molar-refractivity contribution in [2.75, 3.05) is 19.7 Å². The Morgan fingerprint density at radius 3 is 2.65 bits per heavy atom. The average molecular weight is 515 g/mol. The SMILES string of the molecule is CC1=C(c2cccc(Cl)c2)C(c2ccc(OC[C@H](C)N3CC[C@@H](C)C3)cc2)Oc2cc(C#N)c(O)cc21. The predicted molar refractivity (Wildman–Crippen MR) is 147 cm³/mol. The third kappa shape index (κ3) is 5.18. The molecular formula is C31H31ClN2O3. The molecule has 3 aromatic rings. The highest BCUT2D eigenvalue weighted by atomic mass is 35.5. The Balaban J connectivity index is 1.44. The molecule has 2 aliphatic heterocycles. The maximum Gasteiger partial charge on any atom is 0.150 e. The molecule has 2 aliphatic rings. The van der Waals surface area contributed by atoms with Gasteiger partial charge < -0.3 is 14.6 Å². The fraction of sp³-hybridized carbons (Fsp3) is 0.323. The molecule has 1 unspecified atom stereocenters. The van der Waals surface area contributed by atoms with E-state index in [0.717, 1.165) is 52.6 Å². The second-order valence-corrected chi connectivity index (χ2v) is 10.6. The summed E-state index contributed by atoms with van der Waals surface area (Å²) >= 11 is 6.35. The normalized spacial score (nSPS) is 20.2. The van der Waals surface area contributed by atoms with Crippen molar-refractivity contribution in [1.82, 2.24) is 4.90 Å². The summed E-state index contributed by atoms with van der Waals surface area (Å²) in [6, 6.07) is 21.3. The van der Waals surface area contributed by atoms with Crippen molar-refractivity contribution < 1.29 is 14.6 Å². The number of likely N-dealkylation sites (tertiary alicyclic amines) is 1. The molecule has 3 atom stereocenters. The van der Waals surface area contributed by atoms with Gasteiger partial charge in [-0.3, -0.25) is 4.90 Å². The third-order valence-corrected chi connectivity index (χ3v) is 7.66. The summed E-state index contributed by atoms with van der Waals surface area (Å²) in [4.78, 5) is 2.49. The zero-order valence-corrected chi connectivity index (χ0v) is 22.1. The van der Waals surface area contributed by atoms with Crippen LogP contribution in [0.2, 0.25) is 5.02 Å². The lowest BCUT2D eigenvalue weighted by atomic mass is 9.85. The lowest BCUT2D eigenvalue weighted by molar-refractivity contribution is 0.169. The number of rotatable bonds is 6. The molecule has 0 aromatic heterocycles. The number of allylic oxidation sites excluding steroid dienone is 1. The quantitative estimate of drug-likeness (QED) is 0.380. The second-order valence-electron chi connectivity index (χ2n) is 10.1. The van der Waals surface area contributed by atoms with E-state index < -0.39 is 6.10 Å². The Morgan fingerprint density at radius 2 is 1.97 bits per heavy atom. The van der Waals surface area contributed by atoms with Crippen molar-refractivity contribution in [3.63, 3.8) is 0 Å². The highest BCUT2D eigenvalue weighted by molar-refractivity contribution is 6.30. The van der Waals surface area contributed by atoms with Crippen molar-refractivity contribution in [3.05, 3.63) is 87.9 Å². The molecule has 0 aliphatic carbocycles. The van der Waals surface area contributed by atoms with Gasteiger partial charge in [0.1, 0.15) is 36.0 Å². The Hall–Kier alpha value is -3.46. The van der Waals surface area contributed by atoms with Gasteiger partial charge >= 0.3 is 0 Å². The molecule has 0 spiro atoms. The fourth-order valence-electron chi connectivity index (χ4n) is 5.27. The molecule has 1 N–H and O–H groups in total. The van der Waals surface area contributed by atoms with E-state index in [9.17, 15) is 10.4 Å². The molecular weight excluding hydrogens is 484 g/mol. The van der Waals surface area contributed by atoms with Crippen molar-refractivity contribution in [3.8, 4) is 23.3 Å². The van der Waals surface area contributed by atoms with Gasteiger partial charge in [0, 0.05) is 34.8 Å². The number of halogens is 1.